The summed E-state index contributed by atoms with van der Waals surface area (Å²) in [5.74, 6) is 1.28. The summed E-state index contributed by atoms with van der Waals surface area (Å²) < 4.78 is 6.75. The molecule has 0 unspecified atom stereocenters. The maximum atomic E-state index is 5.30. The van der Waals surface area contributed by atoms with E-state index >= 15 is 0 Å². The van der Waals surface area contributed by atoms with Crippen LogP contribution in [-0.4, -0.2) is 46.5 Å². The zero-order valence-electron chi connectivity index (χ0n) is 11.3. The Balaban J connectivity index is 1.95. The van der Waals surface area contributed by atoms with Crippen LogP contribution in [0.15, 0.2) is 27.5 Å². The highest BCUT2D eigenvalue weighted by Crippen LogP contribution is 2.24. The molecule has 3 aromatic rings. The van der Waals surface area contributed by atoms with Crippen LogP contribution in [0.3, 0.4) is 0 Å². The Hall–Kier alpha value is -2.56. The molecule has 3 heterocycles. The highest BCUT2D eigenvalue weighted by Gasteiger charge is 2.13. The lowest BCUT2D eigenvalue weighted by molar-refractivity contribution is 0.429. The quantitative estimate of drug-likeness (QED) is 0.721. The normalized spacial score (nSPS) is 10.8. The standard InChI is InChI=1S/C10H11N9OS/c1-3-12-7-14-8(19-5-11-4-13-19)16-9(15-7)21-10-18-17-6(2)20-10/h4-5H,3H2,1-2H3,(H,12,14,15,16). The van der Waals surface area contributed by atoms with Gasteiger partial charge in [0.25, 0.3) is 11.2 Å². The summed E-state index contributed by atoms with van der Waals surface area (Å²) in [4.78, 5) is 16.7. The third kappa shape index (κ3) is 3.13. The second kappa shape index (κ2) is 5.83. The summed E-state index contributed by atoms with van der Waals surface area (Å²) in [5, 5.41) is 15.5. The summed E-state index contributed by atoms with van der Waals surface area (Å²) in [6.07, 6.45) is 2.92. The zero-order valence-corrected chi connectivity index (χ0v) is 12.1. The lowest BCUT2D eigenvalue weighted by atomic mass is 10.7. The second-order valence-electron chi connectivity index (χ2n) is 3.80. The second-order valence-corrected chi connectivity index (χ2v) is 4.72. The molecule has 0 aliphatic heterocycles. The molecule has 0 bridgehead atoms. The lowest BCUT2D eigenvalue weighted by Gasteiger charge is -2.05. The van der Waals surface area contributed by atoms with Crippen molar-refractivity contribution in [2.75, 3.05) is 11.9 Å². The third-order valence-electron chi connectivity index (χ3n) is 2.25. The fraction of sp³-hybridized carbons (Fsp3) is 0.300. The average Bonchev–Trinajstić information content (AvgIpc) is 3.11. The van der Waals surface area contributed by atoms with E-state index in [0.717, 1.165) is 11.8 Å². The molecule has 0 saturated carbocycles. The van der Waals surface area contributed by atoms with E-state index < -0.39 is 0 Å². The van der Waals surface area contributed by atoms with Crippen molar-refractivity contribution in [2.24, 2.45) is 0 Å². The van der Waals surface area contributed by atoms with Crippen LogP contribution in [0.25, 0.3) is 5.95 Å². The predicted octanol–water partition coefficient (Wildman–Crippen LogP) is 0.727. The molecular formula is C10H11N9OS. The first-order chi connectivity index (χ1) is 10.2. The fourth-order valence-electron chi connectivity index (χ4n) is 1.44. The van der Waals surface area contributed by atoms with Crippen LogP contribution in [0, 0.1) is 6.92 Å². The number of nitrogens with zero attached hydrogens (tertiary/aromatic N) is 8. The van der Waals surface area contributed by atoms with Gasteiger partial charge < -0.3 is 9.73 Å². The molecule has 0 spiro atoms. The molecular weight excluding hydrogens is 294 g/mol. The van der Waals surface area contributed by atoms with E-state index in [2.05, 4.69) is 40.5 Å². The minimum absolute atomic E-state index is 0.359. The predicted molar refractivity (Wildman–Crippen MR) is 72.1 cm³/mol. The van der Waals surface area contributed by atoms with Gasteiger partial charge >= 0.3 is 0 Å². The van der Waals surface area contributed by atoms with Gasteiger partial charge in [-0.2, -0.15) is 24.7 Å². The first kappa shape index (κ1) is 13.4. The smallest absolute Gasteiger partial charge is 0.284 e. The molecule has 0 fully saturated rings. The Morgan fingerprint density at radius 3 is 2.86 bits per heavy atom. The van der Waals surface area contributed by atoms with Gasteiger partial charge in [-0.1, -0.05) is 0 Å². The highest BCUT2D eigenvalue weighted by atomic mass is 32.2. The van der Waals surface area contributed by atoms with Gasteiger partial charge in [0.2, 0.25) is 17.0 Å². The Bertz CT molecular complexity index is 726. The fourth-order valence-corrected chi connectivity index (χ4v) is 2.10. The first-order valence-electron chi connectivity index (χ1n) is 6.07. The largest absolute Gasteiger partial charge is 0.416 e. The zero-order chi connectivity index (χ0) is 14.7. The van der Waals surface area contributed by atoms with Crippen molar-refractivity contribution in [1.82, 2.24) is 39.9 Å². The number of nitrogens with one attached hydrogen (secondary N) is 1. The van der Waals surface area contributed by atoms with Gasteiger partial charge in [-0.05, 0) is 6.92 Å². The Morgan fingerprint density at radius 2 is 2.19 bits per heavy atom. The van der Waals surface area contributed by atoms with E-state index in [4.69, 9.17) is 4.42 Å². The van der Waals surface area contributed by atoms with Crippen molar-refractivity contribution in [3.63, 3.8) is 0 Å². The maximum Gasteiger partial charge on any atom is 0.284 e. The molecule has 0 radical (unpaired) electrons. The van der Waals surface area contributed by atoms with Crippen molar-refractivity contribution in [2.45, 2.75) is 24.2 Å². The molecule has 0 saturated heterocycles. The van der Waals surface area contributed by atoms with Crippen LogP contribution in [0.5, 0.6) is 0 Å². The van der Waals surface area contributed by atoms with Crippen LogP contribution in [0.2, 0.25) is 0 Å². The summed E-state index contributed by atoms with van der Waals surface area (Å²) in [6.45, 7) is 4.35. The Kier molecular flexibility index (Phi) is 3.73. The Morgan fingerprint density at radius 1 is 1.29 bits per heavy atom. The van der Waals surface area contributed by atoms with E-state index in [1.54, 1.807) is 6.92 Å². The van der Waals surface area contributed by atoms with Gasteiger partial charge in [0.05, 0.1) is 0 Å². The molecule has 0 atom stereocenters. The van der Waals surface area contributed by atoms with E-state index in [1.165, 1.54) is 17.3 Å². The molecule has 11 heteroatoms. The van der Waals surface area contributed by atoms with Crippen molar-refractivity contribution in [1.29, 1.82) is 0 Å². The van der Waals surface area contributed by atoms with E-state index in [-0.39, 0.29) is 0 Å². The molecule has 3 rings (SSSR count). The van der Waals surface area contributed by atoms with E-state index in [1.807, 2.05) is 6.92 Å². The van der Waals surface area contributed by atoms with Gasteiger partial charge in [-0.15, -0.1) is 10.2 Å². The van der Waals surface area contributed by atoms with E-state index in [9.17, 15) is 0 Å². The number of hydrogen-bond donors (Lipinski definition) is 1. The molecule has 3 aromatic heterocycles. The molecule has 108 valence electrons. The molecule has 10 nitrogen and oxygen atoms in total. The average molecular weight is 305 g/mol. The maximum absolute atomic E-state index is 5.30. The third-order valence-corrected chi connectivity index (χ3v) is 2.95. The number of hydrogen-bond acceptors (Lipinski definition) is 10. The van der Waals surface area contributed by atoms with Crippen molar-refractivity contribution in [3.05, 3.63) is 18.5 Å². The minimum atomic E-state index is 0.359. The van der Waals surface area contributed by atoms with Crippen LogP contribution >= 0.6 is 11.8 Å². The van der Waals surface area contributed by atoms with Gasteiger partial charge in [0.15, 0.2) is 0 Å². The number of aryl methyl sites for hydroxylation is 1. The number of aromatic nitrogens is 8. The van der Waals surface area contributed by atoms with Crippen molar-refractivity contribution < 1.29 is 4.42 Å². The number of anilines is 1. The molecule has 21 heavy (non-hydrogen) atoms. The summed E-state index contributed by atoms with van der Waals surface area (Å²) in [7, 11) is 0. The molecule has 0 aromatic carbocycles. The highest BCUT2D eigenvalue weighted by molar-refractivity contribution is 7.98. The van der Waals surface area contributed by atoms with Gasteiger partial charge in [-0.3, -0.25) is 0 Å². The van der Waals surface area contributed by atoms with Crippen LogP contribution in [0.4, 0.5) is 5.95 Å². The minimum Gasteiger partial charge on any atom is -0.416 e. The van der Waals surface area contributed by atoms with Crippen LogP contribution in [0.1, 0.15) is 12.8 Å². The van der Waals surface area contributed by atoms with Gasteiger partial charge in [0.1, 0.15) is 12.7 Å². The van der Waals surface area contributed by atoms with Crippen LogP contribution in [-0.2, 0) is 0 Å². The van der Waals surface area contributed by atoms with Crippen molar-refractivity contribution in [3.8, 4) is 5.95 Å². The summed E-state index contributed by atoms with van der Waals surface area (Å²) in [6, 6.07) is 0. The summed E-state index contributed by atoms with van der Waals surface area (Å²) in [5.41, 5.74) is 0. The van der Waals surface area contributed by atoms with Gasteiger partial charge in [-0.25, -0.2) is 4.98 Å². The lowest BCUT2D eigenvalue weighted by Crippen LogP contribution is -2.09. The number of rotatable bonds is 5. The topological polar surface area (TPSA) is 120 Å². The van der Waals surface area contributed by atoms with Crippen molar-refractivity contribution >= 4 is 17.7 Å². The van der Waals surface area contributed by atoms with Crippen LogP contribution < -0.4 is 5.32 Å². The monoisotopic (exact) mass is 305 g/mol. The Labute approximate surface area is 123 Å². The molecule has 0 amide bonds. The van der Waals surface area contributed by atoms with Gasteiger partial charge in [0, 0.05) is 25.2 Å². The summed E-state index contributed by atoms with van der Waals surface area (Å²) >= 11 is 1.16. The first-order valence-corrected chi connectivity index (χ1v) is 6.89. The molecule has 1 N–H and O–H groups in total. The molecule has 0 aliphatic carbocycles. The SMILES string of the molecule is CCNc1nc(Sc2nnc(C)o2)nc(-n2cncn2)n1. The van der Waals surface area contributed by atoms with E-state index in [0.29, 0.717) is 34.7 Å². The molecule has 0 aliphatic rings.